The van der Waals surface area contributed by atoms with Crippen LogP contribution in [0.3, 0.4) is 0 Å². The van der Waals surface area contributed by atoms with Crippen molar-refractivity contribution in [2.24, 2.45) is 5.92 Å². The number of hydrogen-bond donors (Lipinski definition) is 2. The molecule has 5 heteroatoms. The average Bonchev–Trinajstić information content (AvgIpc) is 3.03. The molecule has 0 bridgehead atoms. The summed E-state index contributed by atoms with van der Waals surface area (Å²) < 4.78 is 0. The molecule has 0 spiro atoms. The molecule has 0 aliphatic carbocycles. The van der Waals surface area contributed by atoms with Crippen LogP contribution in [0.5, 0.6) is 0 Å². The maximum Gasteiger partial charge on any atom is 0.317 e. The normalized spacial score (nSPS) is 15.9. The van der Waals surface area contributed by atoms with Crippen LogP contribution >= 0.6 is 0 Å². The quantitative estimate of drug-likeness (QED) is 0.848. The van der Waals surface area contributed by atoms with E-state index in [9.17, 15) is 4.79 Å². The molecule has 25 heavy (non-hydrogen) atoms. The zero-order valence-corrected chi connectivity index (χ0v) is 15.4. The van der Waals surface area contributed by atoms with E-state index in [1.807, 2.05) is 17.2 Å². The first kappa shape index (κ1) is 17.8. The van der Waals surface area contributed by atoms with E-state index < -0.39 is 0 Å². The molecule has 1 aromatic heterocycles. The number of fused-ring (bicyclic) bond motifs is 1. The van der Waals surface area contributed by atoms with Gasteiger partial charge in [-0.05, 0) is 36.9 Å². The number of carbonyl (C=O) groups excluding carboxylic acids is 1. The van der Waals surface area contributed by atoms with Crippen LogP contribution in [0.25, 0.3) is 10.9 Å². The Balaban J connectivity index is 1.40. The van der Waals surface area contributed by atoms with E-state index in [0.717, 1.165) is 50.6 Å². The van der Waals surface area contributed by atoms with E-state index in [-0.39, 0.29) is 6.03 Å². The van der Waals surface area contributed by atoms with Gasteiger partial charge < -0.3 is 15.2 Å². The van der Waals surface area contributed by atoms with Crippen molar-refractivity contribution in [3.63, 3.8) is 0 Å². The molecule has 136 valence electrons. The van der Waals surface area contributed by atoms with Crippen molar-refractivity contribution in [1.82, 2.24) is 20.1 Å². The van der Waals surface area contributed by atoms with Crippen molar-refractivity contribution in [3.05, 3.63) is 36.0 Å². The molecule has 2 heterocycles. The van der Waals surface area contributed by atoms with Gasteiger partial charge in [-0.15, -0.1) is 0 Å². The Labute approximate surface area is 150 Å². The minimum Gasteiger partial charge on any atom is -0.361 e. The lowest BCUT2D eigenvalue weighted by atomic mass is 10.1. The summed E-state index contributed by atoms with van der Waals surface area (Å²) in [6, 6.07) is 8.36. The topological polar surface area (TPSA) is 51.4 Å². The van der Waals surface area contributed by atoms with E-state index >= 15 is 0 Å². The number of nitrogens with zero attached hydrogens (tertiary/aromatic N) is 2. The van der Waals surface area contributed by atoms with E-state index in [0.29, 0.717) is 6.54 Å². The van der Waals surface area contributed by atoms with Gasteiger partial charge in [0.15, 0.2) is 0 Å². The Hall–Kier alpha value is -2.01. The van der Waals surface area contributed by atoms with Gasteiger partial charge >= 0.3 is 6.03 Å². The number of nitrogens with one attached hydrogen (secondary N) is 2. The van der Waals surface area contributed by atoms with E-state index in [1.165, 1.54) is 17.4 Å². The Morgan fingerprint density at radius 2 is 1.96 bits per heavy atom. The van der Waals surface area contributed by atoms with Crippen molar-refractivity contribution in [2.45, 2.75) is 26.7 Å². The number of amides is 2. The molecule has 0 unspecified atom stereocenters. The second kappa shape index (κ2) is 8.39. The largest absolute Gasteiger partial charge is 0.361 e. The molecule has 2 aromatic rings. The number of urea groups is 1. The number of para-hydroxylation sites is 1. The lowest BCUT2D eigenvalue weighted by Crippen LogP contribution is -2.52. The van der Waals surface area contributed by atoms with Crippen molar-refractivity contribution in [2.75, 3.05) is 39.3 Å². The van der Waals surface area contributed by atoms with Gasteiger partial charge in [0.05, 0.1) is 0 Å². The first-order valence-corrected chi connectivity index (χ1v) is 9.43. The molecule has 1 saturated heterocycles. The van der Waals surface area contributed by atoms with Gasteiger partial charge in [-0.3, -0.25) is 4.90 Å². The van der Waals surface area contributed by atoms with Crippen molar-refractivity contribution >= 4 is 16.9 Å². The summed E-state index contributed by atoms with van der Waals surface area (Å²) in [4.78, 5) is 20.1. The molecule has 2 amide bonds. The van der Waals surface area contributed by atoms with Crippen LogP contribution in [0, 0.1) is 5.92 Å². The third kappa shape index (κ3) is 4.75. The lowest BCUT2D eigenvalue weighted by molar-refractivity contribution is 0.136. The van der Waals surface area contributed by atoms with Gasteiger partial charge in [0.1, 0.15) is 0 Å². The number of benzene rings is 1. The van der Waals surface area contributed by atoms with Gasteiger partial charge in [0.2, 0.25) is 0 Å². The highest BCUT2D eigenvalue weighted by Crippen LogP contribution is 2.17. The van der Waals surface area contributed by atoms with Crippen molar-refractivity contribution in [1.29, 1.82) is 0 Å². The molecule has 3 rings (SSSR count). The fourth-order valence-corrected chi connectivity index (χ4v) is 3.37. The fourth-order valence-electron chi connectivity index (χ4n) is 3.37. The summed E-state index contributed by atoms with van der Waals surface area (Å²) in [5.41, 5.74) is 2.41. The highest BCUT2D eigenvalue weighted by atomic mass is 16.2. The van der Waals surface area contributed by atoms with Gasteiger partial charge in [-0.2, -0.15) is 0 Å². The number of carbonyl (C=O) groups is 1. The predicted molar refractivity (Wildman–Crippen MR) is 103 cm³/mol. The summed E-state index contributed by atoms with van der Waals surface area (Å²) in [6.07, 6.45) is 4.13. The summed E-state index contributed by atoms with van der Waals surface area (Å²) >= 11 is 0. The predicted octanol–water partition coefficient (Wildman–Crippen LogP) is 3.08. The third-order valence-electron chi connectivity index (χ3n) is 5.03. The fraction of sp³-hybridized carbons (Fsp3) is 0.550. The standard InChI is InChI=1S/C20H30N4O/c1-16(2)8-10-23-11-13-24(14-12-23)20(25)21-9-7-17-15-22-19-6-4-3-5-18(17)19/h3-6,15-16,22H,7-14H2,1-2H3,(H,21,25). The Kier molecular flexibility index (Phi) is 5.97. The van der Waals surface area contributed by atoms with Crippen LogP contribution in [-0.2, 0) is 6.42 Å². The van der Waals surface area contributed by atoms with E-state index in [4.69, 9.17) is 0 Å². The molecule has 0 radical (unpaired) electrons. The SMILES string of the molecule is CC(C)CCN1CCN(C(=O)NCCc2c[nH]c3ccccc23)CC1. The molecule has 1 aliphatic heterocycles. The molecule has 0 saturated carbocycles. The average molecular weight is 342 g/mol. The monoisotopic (exact) mass is 342 g/mol. The van der Waals surface area contributed by atoms with Crippen molar-refractivity contribution < 1.29 is 4.79 Å². The maximum atomic E-state index is 12.4. The van der Waals surface area contributed by atoms with Crippen LogP contribution in [0.15, 0.2) is 30.5 Å². The first-order valence-electron chi connectivity index (χ1n) is 9.43. The van der Waals surface area contributed by atoms with Crippen LogP contribution in [0.2, 0.25) is 0 Å². The number of aromatic amines is 1. The highest BCUT2D eigenvalue weighted by molar-refractivity contribution is 5.83. The Morgan fingerprint density at radius 3 is 2.72 bits per heavy atom. The van der Waals surface area contributed by atoms with E-state index in [2.05, 4.69) is 47.2 Å². The second-order valence-electron chi connectivity index (χ2n) is 7.35. The number of piperazine rings is 1. The van der Waals surface area contributed by atoms with Crippen LogP contribution in [0.1, 0.15) is 25.8 Å². The maximum absolute atomic E-state index is 12.4. The molecule has 1 aliphatic rings. The molecular formula is C20H30N4O. The summed E-state index contributed by atoms with van der Waals surface area (Å²) in [7, 11) is 0. The van der Waals surface area contributed by atoms with Gasteiger partial charge in [0, 0.05) is 49.8 Å². The number of aromatic nitrogens is 1. The number of H-pyrrole nitrogens is 1. The van der Waals surface area contributed by atoms with Crippen LogP contribution < -0.4 is 5.32 Å². The smallest absolute Gasteiger partial charge is 0.317 e. The van der Waals surface area contributed by atoms with Crippen LogP contribution in [-0.4, -0.2) is 60.1 Å². The molecule has 5 nitrogen and oxygen atoms in total. The minimum absolute atomic E-state index is 0.0725. The summed E-state index contributed by atoms with van der Waals surface area (Å²) in [5, 5.41) is 4.32. The van der Waals surface area contributed by atoms with Gasteiger partial charge in [-0.25, -0.2) is 4.79 Å². The first-order chi connectivity index (χ1) is 12.1. The third-order valence-corrected chi connectivity index (χ3v) is 5.03. The van der Waals surface area contributed by atoms with Crippen molar-refractivity contribution in [3.8, 4) is 0 Å². The van der Waals surface area contributed by atoms with Gasteiger partial charge in [0.25, 0.3) is 0 Å². The van der Waals surface area contributed by atoms with E-state index in [1.54, 1.807) is 0 Å². The highest BCUT2D eigenvalue weighted by Gasteiger charge is 2.20. The Morgan fingerprint density at radius 1 is 1.20 bits per heavy atom. The van der Waals surface area contributed by atoms with Crippen LogP contribution in [0.4, 0.5) is 4.79 Å². The Bertz CT molecular complexity index is 686. The zero-order chi connectivity index (χ0) is 17.6. The number of rotatable bonds is 6. The molecule has 2 N–H and O–H groups in total. The summed E-state index contributed by atoms with van der Waals surface area (Å²) in [5.74, 6) is 0.742. The van der Waals surface area contributed by atoms with Gasteiger partial charge in [-0.1, -0.05) is 32.0 Å². The number of hydrogen-bond acceptors (Lipinski definition) is 2. The molecular weight excluding hydrogens is 312 g/mol. The summed E-state index contributed by atoms with van der Waals surface area (Å²) in [6.45, 7) is 9.98. The zero-order valence-electron chi connectivity index (χ0n) is 15.4. The molecule has 0 atom stereocenters. The lowest BCUT2D eigenvalue weighted by Gasteiger charge is -2.35. The minimum atomic E-state index is 0.0725. The molecule has 1 aromatic carbocycles. The molecule has 1 fully saturated rings. The second-order valence-corrected chi connectivity index (χ2v) is 7.35.